The van der Waals surface area contributed by atoms with Crippen LogP contribution in [0.15, 0.2) is 17.3 Å². The number of carbonyl (C=O) groups excluding carboxylic acids is 1. The second-order valence-corrected chi connectivity index (χ2v) is 4.38. The van der Waals surface area contributed by atoms with Crippen LogP contribution in [0.1, 0.15) is 26.2 Å². The van der Waals surface area contributed by atoms with Gasteiger partial charge < -0.3 is 14.6 Å². The van der Waals surface area contributed by atoms with E-state index < -0.39 is 0 Å². The summed E-state index contributed by atoms with van der Waals surface area (Å²) in [5.41, 5.74) is 8.29. The van der Waals surface area contributed by atoms with E-state index in [1.807, 2.05) is 6.92 Å². The Morgan fingerprint density at radius 3 is 2.90 bits per heavy atom. The van der Waals surface area contributed by atoms with Crippen LogP contribution in [0.4, 0.5) is 0 Å². The van der Waals surface area contributed by atoms with Crippen LogP contribution in [0.2, 0.25) is 0 Å². The Morgan fingerprint density at radius 2 is 2.30 bits per heavy atom. The summed E-state index contributed by atoms with van der Waals surface area (Å²) < 4.78 is 10.2. The highest BCUT2D eigenvalue weighted by Crippen LogP contribution is 2.13. The molecule has 0 saturated heterocycles. The Kier molecular flexibility index (Phi) is 11.5. The summed E-state index contributed by atoms with van der Waals surface area (Å²) in [5, 5.41) is 12.5. The molecule has 114 valence electrons. The fraction of sp³-hybridized carbons (Fsp3) is 0.769. The first kappa shape index (κ1) is 18.4. The minimum Gasteiger partial charge on any atom is -0.466 e. The lowest BCUT2D eigenvalue weighted by Crippen LogP contribution is -2.25. The Hall–Kier alpha value is -1.56. The van der Waals surface area contributed by atoms with Gasteiger partial charge in [-0.05, 0) is 30.7 Å². The number of rotatable bonds is 11. The van der Waals surface area contributed by atoms with Crippen molar-refractivity contribution in [2.45, 2.75) is 32.3 Å². The van der Waals surface area contributed by atoms with E-state index in [0.29, 0.717) is 26.0 Å². The maximum absolute atomic E-state index is 10.8. The summed E-state index contributed by atoms with van der Waals surface area (Å²) in [6.45, 7) is 2.83. The van der Waals surface area contributed by atoms with Gasteiger partial charge in [-0.25, -0.2) is 4.79 Å². The van der Waals surface area contributed by atoms with Gasteiger partial charge in [0.05, 0.1) is 13.2 Å². The smallest absolute Gasteiger partial charge is 0.330 e. The highest BCUT2D eigenvalue weighted by Gasteiger charge is 2.16. The summed E-state index contributed by atoms with van der Waals surface area (Å²) >= 11 is 0. The quantitative estimate of drug-likeness (QED) is 0.157. The molecule has 0 aromatic heterocycles. The van der Waals surface area contributed by atoms with Crippen molar-refractivity contribution < 1.29 is 19.4 Å². The van der Waals surface area contributed by atoms with Crippen LogP contribution in [-0.2, 0) is 14.3 Å². The fourth-order valence-corrected chi connectivity index (χ4v) is 1.63. The van der Waals surface area contributed by atoms with Crippen molar-refractivity contribution in [3.8, 4) is 0 Å². The molecule has 1 N–H and O–H groups in total. The summed E-state index contributed by atoms with van der Waals surface area (Å²) in [5.74, 6) is -0.310. The molecule has 0 amide bonds. The van der Waals surface area contributed by atoms with Crippen molar-refractivity contribution >= 4 is 5.97 Å². The monoisotopic (exact) mass is 285 g/mol. The molecule has 0 aromatic carbocycles. The lowest BCUT2D eigenvalue weighted by Gasteiger charge is -2.22. The number of carbonyl (C=O) groups is 1. The molecule has 0 aliphatic rings. The van der Waals surface area contributed by atoms with E-state index in [4.69, 9.17) is 15.4 Å². The van der Waals surface area contributed by atoms with Crippen LogP contribution < -0.4 is 0 Å². The molecule has 0 aromatic rings. The summed E-state index contributed by atoms with van der Waals surface area (Å²) in [6.07, 6.45) is 4.99. The zero-order chi connectivity index (χ0) is 15.2. The van der Waals surface area contributed by atoms with E-state index >= 15 is 0 Å². The van der Waals surface area contributed by atoms with E-state index in [1.165, 1.54) is 13.2 Å². The summed E-state index contributed by atoms with van der Waals surface area (Å²) in [6, 6.07) is 0. The predicted octanol–water partition coefficient (Wildman–Crippen LogP) is 2.21. The first-order valence-electron chi connectivity index (χ1n) is 6.63. The van der Waals surface area contributed by atoms with Crippen LogP contribution >= 0.6 is 0 Å². The van der Waals surface area contributed by atoms with Gasteiger partial charge in [0.2, 0.25) is 0 Å². The number of hydrogen-bond donors (Lipinski definition) is 1. The molecule has 20 heavy (non-hydrogen) atoms. The van der Waals surface area contributed by atoms with E-state index in [-0.39, 0.29) is 24.6 Å². The molecule has 0 bridgehead atoms. The van der Waals surface area contributed by atoms with E-state index in [2.05, 4.69) is 14.8 Å². The van der Waals surface area contributed by atoms with E-state index in [1.54, 1.807) is 6.08 Å². The van der Waals surface area contributed by atoms with Gasteiger partial charge in [-0.3, -0.25) is 0 Å². The molecular weight excluding hydrogens is 262 g/mol. The highest BCUT2D eigenvalue weighted by molar-refractivity contribution is 5.81. The van der Waals surface area contributed by atoms with Gasteiger partial charge in [0.1, 0.15) is 0 Å². The Balaban J connectivity index is 3.93. The standard InChI is InChI=1S/C13H23N3O4/c1-11(10-15-16-14)12(7-8-17)20-9-5-3-4-6-13(18)19-2/h4,6,11-12,17H,3,5,7-10H2,1-2H3/b6-4+/t11-,12-/m0/s1. The van der Waals surface area contributed by atoms with Crippen LogP contribution in [0.3, 0.4) is 0 Å². The Morgan fingerprint density at radius 1 is 1.55 bits per heavy atom. The minimum absolute atomic E-state index is 0.0352. The number of allylic oxidation sites excluding steroid dienone is 1. The van der Waals surface area contributed by atoms with Gasteiger partial charge in [-0.2, -0.15) is 0 Å². The van der Waals surface area contributed by atoms with E-state index in [9.17, 15) is 4.79 Å². The normalized spacial score (nSPS) is 13.8. The second kappa shape index (κ2) is 12.5. The third kappa shape index (κ3) is 9.38. The average molecular weight is 285 g/mol. The zero-order valence-electron chi connectivity index (χ0n) is 12.1. The van der Waals surface area contributed by atoms with Gasteiger partial charge >= 0.3 is 5.97 Å². The van der Waals surface area contributed by atoms with Gasteiger partial charge in [0, 0.05) is 30.7 Å². The largest absolute Gasteiger partial charge is 0.466 e. The molecule has 0 spiro atoms. The number of esters is 1. The number of aliphatic hydroxyl groups is 1. The van der Waals surface area contributed by atoms with Crippen molar-refractivity contribution in [2.24, 2.45) is 11.0 Å². The van der Waals surface area contributed by atoms with Crippen LogP contribution in [0.5, 0.6) is 0 Å². The van der Waals surface area contributed by atoms with Crippen LogP contribution in [0.25, 0.3) is 10.4 Å². The fourth-order valence-electron chi connectivity index (χ4n) is 1.63. The summed E-state index contributed by atoms with van der Waals surface area (Å²) in [7, 11) is 1.33. The van der Waals surface area contributed by atoms with Crippen molar-refractivity contribution in [3.05, 3.63) is 22.6 Å². The topological polar surface area (TPSA) is 105 Å². The average Bonchev–Trinajstić information content (AvgIpc) is 2.46. The number of methoxy groups -OCH3 is 1. The van der Waals surface area contributed by atoms with Gasteiger partial charge in [-0.15, -0.1) is 0 Å². The molecule has 0 saturated carbocycles. The highest BCUT2D eigenvalue weighted by atomic mass is 16.5. The molecule has 0 fully saturated rings. The number of hydrogen-bond acceptors (Lipinski definition) is 5. The lowest BCUT2D eigenvalue weighted by molar-refractivity contribution is -0.134. The third-order valence-electron chi connectivity index (χ3n) is 2.78. The number of ether oxygens (including phenoxy) is 2. The molecule has 7 heteroatoms. The number of unbranched alkanes of at least 4 members (excludes halogenated alkanes) is 1. The molecular formula is C13H23N3O4. The second-order valence-electron chi connectivity index (χ2n) is 4.38. The molecule has 0 aliphatic carbocycles. The van der Waals surface area contributed by atoms with Gasteiger partial charge in [0.25, 0.3) is 0 Å². The first-order valence-corrected chi connectivity index (χ1v) is 6.63. The van der Waals surface area contributed by atoms with Crippen molar-refractivity contribution in [2.75, 3.05) is 26.9 Å². The minimum atomic E-state index is -0.368. The number of nitrogens with zero attached hydrogens (tertiary/aromatic N) is 3. The van der Waals surface area contributed by atoms with E-state index in [0.717, 1.165) is 6.42 Å². The van der Waals surface area contributed by atoms with Crippen molar-refractivity contribution in [1.82, 2.24) is 0 Å². The number of azide groups is 1. The Labute approximate surface area is 119 Å². The molecule has 7 nitrogen and oxygen atoms in total. The molecule has 0 aliphatic heterocycles. The summed E-state index contributed by atoms with van der Waals surface area (Å²) in [4.78, 5) is 13.5. The van der Waals surface area contributed by atoms with Crippen molar-refractivity contribution in [1.29, 1.82) is 0 Å². The predicted molar refractivity (Wildman–Crippen MR) is 75.0 cm³/mol. The Bertz CT molecular complexity index is 341. The third-order valence-corrected chi connectivity index (χ3v) is 2.78. The van der Waals surface area contributed by atoms with Crippen LogP contribution in [-0.4, -0.2) is 44.0 Å². The molecule has 0 unspecified atom stereocenters. The number of aliphatic hydroxyl groups excluding tert-OH is 1. The molecule has 0 rings (SSSR count). The maximum atomic E-state index is 10.8. The van der Waals surface area contributed by atoms with Gasteiger partial charge in [0.15, 0.2) is 0 Å². The molecule has 0 heterocycles. The molecule has 0 radical (unpaired) electrons. The maximum Gasteiger partial charge on any atom is 0.330 e. The molecule has 2 atom stereocenters. The van der Waals surface area contributed by atoms with Crippen molar-refractivity contribution in [3.63, 3.8) is 0 Å². The van der Waals surface area contributed by atoms with Crippen LogP contribution in [0, 0.1) is 5.92 Å². The zero-order valence-corrected chi connectivity index (χ0v) is 12.1. The lowest BCUT2D eigenvalue weighted by atomic mass is 10.0. The SMILES string of the molecule is COC(=O)/C=C/CCCO[C@@H](CCO)[C@@H](C)CN=[N+]=[N-]. The first-order chi connectivity index (χ1) is 9.65. The van der Waals surface area contributed by atoms with Gasteiger partial charge in [-0.1, -0.05) is 18.1 Å².